The number of nitrogens with zero attached hydrogens (tertiary/aromatic N) is 3. The smallest absolute Gasteiger partial charge is 0.333 e. The fourth-order valence-electron chi connectivity index (χ4n) is 3.63. The lowest BCUT2D eigenvalue weighted by Crippen LogP contribution is -2.40. The number of rotatable bonds is 9. The minimum Gasteiger partial charge on any atom is -0.497 e. The van der Waals surface area contributed by atoms with Crippen LogP contribution < -0.4 is 31.6 Å². The van der Waals surface area contributed by atoms with Gasteiger partial charge in [-0.3, -0.25) is 19.0 Å². The molecule has 37 heavy (non-hydrogen) atoms. The molecule has 4 aromatic rings. The molecule has 0 radical (unpaired) electrons. The third kappa shape index (κ3) is 5.67. The number of ether oxygens (including phenoxy) is 2. The van der Waals surface area contributed by atoms with Crippen molar-refractivity contribution in [1.29, 1.82) is 0 Å². The van der Waals surface area contributed by atoms with Crippen LogP contribution in [0.2, 0.25) is 0 Å². The maximum atomic E-state index is 12.9. The second-order valence-electron chi connectivity index (χ2n) is 7.87. The van der Waals surface area contributed by atoms with Gasteiger partial charge in [-0.25, -0.2) is 14.3 Å². The summed E-state index contributed by atoms with van der Waals surface area (Å²) < 4.78 is 12.7. The quantitative estimate of drug-likeness (QED) is 0.354. The maximum absolute atomic E-state index is 12.9. The van der Waals surface area contributed by atoms with Crippen LogP contribution in [-0.4, -0.2) is 45.3 Å². The molecule has 2 aromatic heterocycles. The van der Waals surface area contributed by atoms with Crippen LogP contribution in [0.15, 0.2) is 81.5 Å². The van der Waals surface area contributed by atoms with E-state index in [9.17, 15) is 19.2 Å². The first-order chi connectivity index (χ1) is 17.9. The van der Waals surface area contributed by atoms with Crippen molar-refractivity contribution in [2.75, 3.05) is 20.3 Å². The van der Waals surface area contributed by atoms with E-state index in [1.165, 1.54) is 36.2 Å². The molecule has 0 atom stereocenters. The van der Waals surface area contributed by atoms with E-state index in [0.29, 0.717) is 18.1 Å². The van der Waals surface area contributed by atoms with Crippen molar-refractivity contribution in [3.63, 3.8) is 0 Å². The van der Waals surface area contributed by atoms with E-state index in [1.807, 2.05) is 19.1 Å². The summed E-state index contributed by atoms with van der Waals surface area (Å²) in [7, 11) is 1.50. The fourth-order valence-corrected chi connectivity index (χ4v) is 3.63. The number of carbonyl (C=O) groups is 1. The number of carbonyl (C=O) groups excluding carboxylic acids is 1. The van der Waals surface area contributed by atoms with Gasteiger partial charge in [-0.05, 0) is 55.5 Å². The molecule has 1 amide bonds. The Morgan fingerprint density at radius 1 is 1.03 bits per heavy atom. The van der Waals surface area contributed by atoms with E-state index in [2.05, 4.69) is 15.3 Å². The normalized spacial score (nSPS) is 10.6. The SMILES string of the molecule is CCOc1ccc(-c2cc(=O)n(CCNC(=O)c3c[nH]c(=O)n(-c4ccc(OC)cc4)c3=O)cn2)cc1. The number of amides is 1. The predicted molar refractivity (Wildman–Crippen MR) is 137 cm³/mol. The molecule has 0 saturated heterocycles. The monoisotopic (exact) mass is 503 g/mol. The van der Waals surface area contributed by atoms with Gasteiger partial charge < -0.3 is 19.8 Å². The third-order valence-electron chi connectivity index (χ3n) is 5.53. The first-order valence-electron chi connectivity index (χ1n) is 11.5. The predicted octanol–water partition coefficient (Wildman–Crippen LogP) is 1.59. The third-order valence-corrected chi connectivity index (χ3v) is 5.53. The Balaban J connectivity index is 1.43. The van der Waals surface area contributed by atoms with Gasteiger partial charge in [-0.1, -0.05) is 0 Å². The molecule has 0 fully saturated rings. The van der Waals surface area contributed by atoms with E-state index in [0.717, 1.165) is 22.1 Å². The van der Waals surface area contributed by atoms with Crippen LogP contribution in [0.3, 0.4) is 0 Å². The van der Waals surface area contributed by atoms with Gasteiger partial charge in [0.25, 0.3) is 17.0 Å². The van der Waals surface area contributed by atoms with Gasteiger partial charge in [-0.2, -0.15) is 0 Å². The van der Waals surface area contributed by atoms with Crippen molar-refractivity contribution < 1.29 is 14.3 Å². The highest BCUT2D eigenvalue weighted by Crippen LogP contribution is 2.19. The van der Waals surface area contributed by atoms with Gasteiger partial charge in [0.1, 0.15) is 17.1 Å². The largest absolute Gasteiger partial charge is 0.497 e. The average molecular weight is 504 g/mol. The lowest BCUT2D eigenvalue weighted by atomic mass is 10.1. The summed E-state index contributed by atoms with van der Waals surface area (Å²) in [5.74, 6) is 0.600. The molecule has 0 unspecified atom stereocenters. The second-order valence-corrected chi connectivity index (χ2v) is 7.87. The average Bonchev–Trinajstić information content (AvgIpc) is 2.90. The molecule has 4 rings (SSSR count). The number of nitrogens with one attached hydrogen (secondary N) is 2. The topological polar surface area (TPSA) is 137 Å². The van der Waals surface area contributed by atoms with Crippen molar-refractivity contribution in [3.05, 3.63) is 104 Å². The molecule has 11 nitrogen and oxygen atoms in total. The minimum absolute atomic E-state index is 0.0594. The zero-order valence-corrected chi connectivity index (χ0v) is 20.3. The number of hydrogen-bond donors (Lipinski definition) is 2. The lowest BCUT2D eigenvalue weighted by molar-refractivity contribution is 0.0949. The minimum atomic E-state index is -0.773. The molecular weight excluding hydrogens is 478 g/mol. The summed E-state index contributed by atoms with van der Waals surface area (Å²) >= 11 is 0. The van der Waals surface area contributed by atoms with Gasteiger partial charge >= 0.3 is 5.69 Å². The van der Waals surface area contributed by atoms with Gasteiger partial charge in [0, 0.05) is 30.9 Å². The molecule has 0 aliphatic heterocycles. The summed E-state index contributed by atoms with van der Waals surface area (Å²) in [6.07, 6.45) is 2.47. The van der Waals surface area contributed by atoms with E-state index in [4.69, 9.17) is 9.47 Å². The van der Waals surface area contributed by atoms with Crippen molar-refractivity contribution >= 4 is 5.91 Å². The summed E-state index contributed by atoms with van der Waals surface area (Å²) in [4.78, 5) is 57.1. The number of hydrogen-bond acceptors (Lipinski definition) is 7. The van der Waals surface area contributed by atoms with E-state index >= 15 is 0 Å². The summed E-state index contributed by atoms with van der Waals surface area (Å²) in [5, 5.41) is 2.60. The standard InChI is InChI=1S/C26H25N5O6/c1-3-37-20-8-4-17(5-9-20)22-14-23(32)30(16-29-22)13-12-27-24(33)21-15-28-26(35)31(25(21)34)18-6-10-19(36-2)11-7-18/h4-11,14-16H,3,12-13H2,1-2H3,(H,27,33)(H,28,35). The Kier molecular flexibility index (Phi) is 7.62. The van der Waals surface area contributed by atoms with Gasteiger partial charge in [0.15, 0.2) is 0 Å². The molecule has 0 spiro atoms. The van der Waals surface area contributed by atoms with Crippen molar-refractivity contribution in [2.24, 2.45) is 0 Å². The highest BCUT2D eigenvalue weighted by Gasteiger charge is 2.16. The zero-order chi connectivity index (χ0) is 26.4. The van der Waals surface area contributed by atoms with Crippen molar-refractivity contribution in [1.82, 2.24) is 24.4 Å². The Hall–Kier alpha value is -4.93. The first-order valence-corrected chi connectivity index (χ1v) is 11.5. The van der Waals surface area contributed by atoms with E-state index in [-0.39, 0.29) is 29.9 Å². The van der Waals surface area contributed by atoms with E-state index < -0.39 is 17.2 Å². The summed E-state index contributed by atoms with van der Waals surface area (Å²) in [5.41, 5.74) is -0.424. The molecular formula is C26H25N5O6. The van der Waals surface area contributed by atoms with Crippen LogP contribution >= 0.6 is 0 Å². The Labute approximate surface area is 211 Å². The number of methoxy groups -OCH3 is 1. The van der Waals surface area contributed by atoms with Crippen molar-refractivity contribution in [3.8, 4) is 28.4 Å². The number of benzene rings is 2. The van der Waals surface area contributed by atoms with Crippen LogP contribution in [-0.2, 0) is 6.54 Å². The van der Waals surface area contributed by atoms with E-state index in [1.54, 1.807) is 24.3 Å². The highest BCUT2D eigenvalue weighted by molar-refractivity contribution is 5.93. The number of H-pyrrole nitrogens is 1. The van der Waals surface area contributed by atoms with Crippen LogP contribution in [0.1, 0.15) is 17.3 Å². The lowest BCUT2D eigenvalue weighted by Gasteiger charge is -2.10. The first kappa shape index (κ1) is 25.2. The Bertz CT molecular complexity index is 1570. The van der Waals surface area contributed by atoms with Gasteiger partial charge in [0.2, 0.25) is 0 Å². The molecule has 2 aromatic carbocycles. The van der Waals surface area contributed by atoms with Crippen LogP contribution in [0.4, 0.5) is 0 Å². The molecule has 0 aliphatic carbocycles. The van der Waals surface area contributed by atoms with Gasteiger partial charge in [0.05, 0.1) is 31.4 Å². The van der Waals surface area contributed by atoms with Crippen LogP contribution in [0.25, 0.3) is 16.9 Å². The van der Waals surface area contributed by atoms with Crippen LogP contribution in [0, 0.1) is 0 Å². The molecule has 11 heteroatoms. The fraction of sp³-hybridized carbons (Fsp3) is 0.192. The van der Waals surface area contributed by atoms with Gasteiger partial charge in [-0.15, -0.1) is 0 Å². The van der Waals surface area contributed by atoms with Crippen molar-refractivity contribution in [2.45, 2.75) is 13.5 Å². The zero-order valence-electron chi connectivity index (χ0n) is 20.3. The molecule has 0 aliphatic rings. The number of aromatic amines is 1. The second kappa shape index (κ2) is 11.2. The summed E-state index contributed by atoms with van der Waals surface area (Å²) in [6.45, 7) is 2.66. The molecule has 0 bridgehead atoms. The Morgan fingerprint density at radius 2 is 1.73 bits per heavy atom. The number of aromatic nitrogens is 4. The molecule has 190 valence electrons. The Morgan fingerprint density at radius 3 is 2.38 bits per heavy atom. The van der Waals surface area contributed by atoms with Crippen LogP contribution in [0.5, 0.6) is 11.5 Å². The maximum Gasteiger partial charge on any atom is 0.333 e. The molecule has 2 heterocycles. The summed E-state index contributed by atoms with van der Waals surface area (Å²) in [6, 6.07) is 14.9. The highest BCUT2D eigenvalue weighted by atomic mass is 16.5. The molecule has 0 saturated carbocycles. The molecule has 2 N–H and O–H groups in total.